The van der Waals surface area contributed by atoms with Crippen LogP contribution in [0.4, 0.5) is 10.2 Å². The predicted molar refractivity (Wildman–Crippen MR) is 131 cm³/mol. The number of rotatable bonds is 6. The van der Waals surface area contributed by atoms with E-state index in [9.17, 15) is 14.0 Å². The Bertz CT molecular complexity index is 1220. The second-order valence-electron chi connectivity index (χ2n) is 8.96. The van der Waals surface area contributed by atoms with Crippen LogP contribution in [0.5, 0.6) is 0 Å². The molecular formula is C27H31FN4O2. The number of carbonyl (C=O) groups is 2. The summed E-state index contributed by atoms with van der Waals surface area (Å²) >= 11 is 0. The molecule has 0 bridgehead atoms. The van der Waals surface area contributed by atoms with E-state index >= 15 is 0 Å². The maximum absolute atomic E-state index is 13.9. The molecule has 34 heavy (non-hydrogen) atoms. The van der Waals surface area contributed by atoms with Crippen molar-refractivity contribution in [3.8, 4) is 0 Å². The van der Waals surface area contributed by atoms with E-state index in [2.05, 4.69) is 19.2 Å². The number of nitrogens with zero attached hydrogens (tertiary/aromatic N) is 3. The molecule has 0 saturated heterocycles. The number of halogens is 1. The van der Waals surface area contributed by atoms with Crippen LogP contribution in [0, 0.1) is 19.7 Å². The van der Waals surface area contributed by atoms with Gasteiger partial charge in [0.25, 0.3) is 11.8 Å². The van der Waals surface area contributed by atoms with E-state index in [1.807, 2.05) is 37.6 Å². The van der Waals surface area contributed by atoms with Gasteiger partial charge < -0.3 is 5.32 Å². The maximum atomic E-state index is 13.9. The summed E-state index contributed by atoms with van der Waals surface area (Å²) in [7, 11) is 0. The fourth-order valence-electron chi connectivity index (χ4n) is 4.73. The van der Waals surface area contributed by atoms with Crippen molar-refractivity contribution in [1.29, 1.82) is 0 Å². The summed E-state index contributed by atoms with van der Waals surface area (Å²) in [5, 5.41) is 7.81. The summed E-state index contributed by atoms with van der Waals surface area (Å²) in [4.78, 5) is 28.8. The molecule has 1 unspecified atom stereocenters. The Labute approximate surface area is 199 Å². The van der Waals surface area contributed by atoms with E-state index in [1.165, 1.54) is 12.1 Å². The number of likely N-dealkylation sites (N-methyl/N-ethyl adjacent to an activating group) is 1. The molecule has 3 atom stereocenters. The Kier molecular flexibility index (Phi) is 6.55. The second-order valence-corrected chi connectivity index (χ2v) is 8.96. The van der Waals surface area contributed by atoms with Crippen molar-refractivity contribution < 1.29 is 14.0 Å². The van der Waals surface area contributed by atoms with Crippen molar-refractivity contribution in [2.24, 2.45) is 0 Å². The Hall–Kier alpha value is -3.48. The number of anilines is 1. The molecule has 1 aliphatic heterocycles. The molecule has 3 aromatic rings. The van der Waals surface area contributed by atoms with Crippen molar-refractivity contribution in [1.82, 2.24) is 15.1 Å². The third-order valence-corrected chi connectivity index (χ3v) is 6.66. The van der Waals surface area contributed by atoms with Gasteiger partial charge in [0.05, 0.1) is 11.7 Å². The van der Waals surface area contributed by atoms with Crippen LogP contribution in [0.15, 0.2) is 48.5 Å². The highest BCUT2D eigenvalue weighted by Gasteiger charge is 2.45. The second kappa shape index (κ2) is 9.41. The summed E-state index contributed by atoms with van der Waals surface area (Å²) in [5.74, 6) is -0.601. The summed E-state index contributed by atoms with van der Waals surface area (Å²) in [5.41, 5.74) is 3.90. The number of fused-ring (bicyclic) bond motifs is 1. The van der Waals surface area contributed by atoms with Gasteiger partial charge in [0.1, 0.15) is 17.7 Å². The van der Waals surface area contributed by atoms with E-state index in [0.29, 0.717) is 12.1 Å². The zero-order valence-corrected chi connectivity index (χ0v) is 20.3. The number of aryl methyl sites for hydroxylation is 2. The van der Waals surface area contributed by atoms with Gasteiger partial charge in [0.2, 0.25) is 0 Å². The molecule has 0 fully saturated rings. The number of aromatic nitrogens is 2. The highest BCUT2D eigenvalue weighted by Crippen LogP contribution is 2.43. The summed E-state index contributed by atoms with van der Waals surface area (Å²) in [6, 6.07) is 12.7. The molecule has 6 nitrogen and oxygen atoms in total. The van der Waals surface area contributed by atoms with Gasteiger partial charge in [-0.3, -0.25) is 14.5 Å². The first-order valence-corrected chi connectivity index (χ1v) is 11.8. The summed E-state index contributed by atoms with van der Waals surface area (Å²) in [6.07, 6.45) is 0.855. The Morgan fingerprint density at radius 2 is 1.85 bits per heavy atom. The van der Waals surface area contributed by atoms with Crippen molar-refractivity contribution >= 4 is 17.6 Å². The van der Waals surface area contributed by atoms with Crippen LogP contribution >= 0.6 is 0 Å². The number of benzene rings is 2. The smallest absolute Gasteiger partial charge is 0.251 e. The van der Waals surface area contributed by atoms with Crippen LogP contribution in [0.1, 0.15) is 71.9 Å². The topological polar surface area (TPSA) is 67.2 Å². The van der Waals surface area contributed by atoms with Crippen LogP contribution in [-0.2, 0) is 4.79 Å². The monoisotopic (exact) mass is 462 g/mol. The van der Waals surface area contributed by atoms with Gasteiger partial charge in [0, 0.05) is 23.6 Å². The standard InChI is InChI=1S/C27H31FN4O2/c1-6-17(4)32-26-22(18(5)30-32)23(19-11-13-21(28)14-12-19)24(27(34)31(26)7-2)29-25(33)20-10-8-9-16(3)15-20/h8-15,17,23-24H,6-7H2,1-5H3,(H,29,33)/t17?,23-,24-/m0/s1. The molecule has 7 heteroatoms. The van der Waals surface area contributed by atoms with E-state index in [-0.39, 0.29) is 23.7 Å². The molecule has 0 saturated carbocycles. The molecule has 4 rings (SSSR count). The average Bonchev–Trinajstić information content (AvgIpc) is 3.16. The highest BCUT2D eigenvalue weighted by molar-refractivity contribution is 6.05. The SMILES string of the molecule is CCC(C)n1nc(C)c2c1N(CC)C(=O)[C@@H](NC(=O)c1cccc(C)c1)[C@H]2c1ccc(F)cc1. The van der Waals surface area contributed by atoms with Gasteiger partial charge in [0.15, 0.2) is 0 Å². The van der Waals surface area contributed by atoms with Crippen molar-refractivity contribution in [3.05, 3.63) is 82.3 Å². The first-order chi connectivity index (χ1) is 16.3. The van der Waals surface area contributed by atoms with Crippen LogP contribution in [0.2, 0.25) is 0 Å². The first kappa shape index (κ1) is 23.7. The minimum absolute atomic E-state index is 0.0941. The van der Waals surface area contributed by atoms with Crippen molar-refractivity contribution in [2.75, 3.05) is 11.4 Å². The Morgan fingerprint density at radius 1 is 1.15 bits per heavy atom. The average molecular weight is 463 g/mol. The summed E-state index contributed by atoms with van der Waals surface area (Å²) in [6.45, 7) is 10.4. The third kappa shape index (κ3) is 4.11. The van der Waals surface area contributed by atoms with Gasteiger partial charge in [-0.2, -0.15) is 5.10 Å². The molecule has 0 spiro atoms. The normalized spacial score (nSPS) is 18.5. The number of amides is 2. The molecule has 2 aromatic carbocycles. The van der Waals surface area contributed by atoms with Gasteiger partial charge in [-0.05, 0) is 63.9 Å². The summed E-state index contributed by atoms with van der Waals surface area (Å²) < 4.78 is 15.7. The lowest BCUT2D eigenvalue weighted by Gasteiger charge is -2.39. The quantitative estimate of drug-likeness (QED) is 0.566. The van der Waals surface area contributed by atoms with E-state index in [0.717, 1.165) is 34.6 Å². The molecule has 2 amide bonds. The number of hydrogen-bond donors (Lipinski definition) is 1. The van der Waals surface area contributed by atoms with Crippen molar-refractivity contribution in [2.45, 2.75) is 59.0 Å². The Balaban J connectivity index is 1.88. The number of carbonyl (C=O) groups excluding carboxylic acids is 2. The van der Waals surface area contributed by atoms with Crippen molar-refractivity contribution in [3.63, 3.8) is 0 Å². The lowest BCUT2D eigenvalue weighted by molar-refractivity contribution is -0.121. The zero-order chi connectivity index (χ0) is 24.6. The first-order valence-electron chi connectivity index (χ1n) is 11.8. The lowest BCUT2D eigenvalue weighted by Crippen LogP contribution is -2.55. The Morgan fingerprint density at radius 3 is 2.47 bits per heavy atom. The number of hydrogen-bond acceptors (Lipinski definition) is 3. The molecule has 1 N–H and O–H groups in total. The maximum Gasteiger partial charge on any atom is 0.251 e. The van der Waals surface area contributed by atoms with E-state index in [1.54, 1.807) is 29.2 Å². The molecule has 2 heterocycles. The zero-order valence-electron chi connectivity index (χ0n) is 20.3. The van der Waals surface area contributed by atoms with Crippen LogP contribution in [-0.4, -0.2) is 34.2 Å². The van der Waals surface area contributed by atoms with Gasteiger partial charge >= 0.3 is 0 Å². The van der Waals surface area contributed by atoms with Crippen LogP contribution < -0.4 is 10.2 Å². The fourth-order valence-corrected chi connectivity index (χ4v) is 4.73. The minimum Gasteiger partial charge on any atom is -0.339 e. The molecule has 0 radical (unpaired) electrons. The highest BCUT2D eigenvalue weighted by atomic mass is 19.1. The van der Waals surface area contributed by atoms with Gasteiger partial charge in [-0.25, -0.2) is 9.07 Å². The largest absolute Gasteiger partial charge is 0.339 e. The van der Waals surface area contributed by atoms with E-state index in [4.69, 9.17) is 5.10 Å². The fraction of sp³-hybridized carbons (Fsp3) is 0.370. The molecular weight excluding hydrogens is 431 g/mol. The van der Waals surface area contributed by atoms with E-state index < -0.39 is 12.0 Å². The predicted octanol–water partition coefficient (Wildman–Crippen LogP) is 4.91. The van der Waals surface area contributed by atoms with Crippen LogP contribution in [0.3, 0.4) is 0 Å². The number of nitrogens with one attached hydrogen (secondary N) is 1. The molecule has 1 aliphatic rings. The molecule has 1 aromatic heterocycles. The van der Waals surface area contributed by atoms with Gasteiger partial charge in [-0.1, -0.05) is 36.8 Å². The lowest BCUT2D eigenvalue weighted by atomic mass is 9.81. The van der Waals surface area contributed by atoms with Crippen LogP contribution in [0.25, 0.3) is 0 Å². The molecule has 178 valence electrons. The third-order valence-electron chi connectivity index (χ3n) is 6.66. The minimum atomic E-state index is -0.848. The van der Waals surface area contributed by atoms with Gasteiger partial charge in [-0.15, -0.1) is 0 Å². The molecule has 0 aliphatic carbocycles.